The predicted molar refractivity (Wildman–Crippen MR) is 87.2 cm³/mol. The average molecular weight is 322 g/mol. The first-order valence-electron chi connectivity index (χ1n) is 8.49. The molecule has 1 aliphatic heterocycles. The minimum absolute atomic E-state index is 0.198. The lowest BCUT2D eigenvalue weighted by Gasteiger charge is -2.46. The van der Waals surface area contributed by atoms with E-state index in [1.807, 2.05) is 6.07 Å². The molecule has 1 aliphatic carbocycles. The topological polar surface area (TPSA) is 64.5 Å². The molecule has 3 N–H and O–H groups in total. The molecule has 1 aromatic rings. The summed E-state index contributed by atoms with van der Waals surface area (Å²) in [6, 6.07) is 4.19. The number of aliphatic hydroxyl groups is 1. The third kappa shape index (κ3) is 2.76. The fraction of sp³-hybridized carbons (Fsp3) is 0.667. The van der Waals surface area contributed by atoms with Gasteiger partial charge in [0, 0.05) is 12.3 Å². The Morgan fingerprint density at radius 1 is 1.04 bits per heavy atom. The van der Waals surface area contributed by atoms with Gasteiger partial charge in [0.15, 0.2) is 11.5 Å². The molecule has 0 radical (unpaired) electrons. The van der Waals surface area contributed by atoms with E-state index in [4.69, 9.17) is 14.2 Å². The van der Waals surface area contributed by atoms with E-state index in [-0.39, 0.29) is 12.0 Å². The predicted octanol–water partition coefficient (Wildman–Crippen LogP) is 1.64. The third-order valence-corrected chi connectivity index (χ3v) is 5.59. The normalized spacial score (nSPS) is 30.4. The summed E-state index contributed by atoms with van der Waals surface area (Å²) in [5.41, 5.74) is 0.561. The summed E-state index contributed by atoms with van der Waals surface area (Å²) >= 11 is 0. The van der Waals surface area contributed by atoms with Crippen molar-refractivity contribution >= 4 is 0 Å². The molecule has 2 fully saturated rings. The van der Waals surface area contributed by atoms with E-state index in [2.05, 4.69) is 11.4 Å². The molecule has 5 nitrogen and oxygen atoms in total. The van der Waals surface area contributed by atoms with Crippen molar-refractivity contribution in [2.75, 3.05) is 27.9 Å². The van der Waals surface area contributed by atoms with Crippen molar-refractivity contribution < 1.29 is 24.6 Å². The van der Waals surface area contributed by atoms with Crippen LogP contribution >= 0.6 is 0 Å². The Labute approximate surface area is 137 Å². The number of nitrogens with two attached hydrogens (primary N) is 1. The van der Waals surface area contributed by atoms with Gasteiger partial charge in [0.25, 0.3) is 0 Å². The van der Waals surface area contributed by atoms with E-state index in [1.54, 1.807) is 21.3 Å². The summed E-state index contributed by atoms with van der Waals surface area (Å²) in [4.78, 5) is 0. The van der Waals surface area contributed by atoms with E-state index >= 15 is 0 Å². The van der Waals surface area contributed by atoms with Gasteiger partial charge >= 0.3 is 0 Å². The third-order valence-electron chi connectivity index (χ3n) is 5.59. The van der Waals surface area contributed by atoms with Crippen LogP contribution in [0, 0.1) is 5.92 Å². The molecule has 0 bridgehead atoms. The van der Waals surface area contributed by atoms with Gasteiger partial charge in [-0.15, -0.1) is 0 Å². The van der Waals surface area contributed by atoms with Crippen molar-refractivity contribution in [3.05, 3.63) is 17.7 Å². The fourth-order valence-corrected chi connectivity index (χ4v) is 4.48. The molecule has 0 spiro atoms. The molecule has 3 atom stereocenters. The van der Waals surface area contributed by atoms with E-state index in [0.29, 0.717) is 11.5 Å². The highest BCUT2D eigenvalue weighted by atomic mass is 16.5. The number of hydrogen-bond acceptors (Lipinski definition) is 4. The van der Waals surface area contributed by atoms with Crippen LogP contribution in [0.25, 0.3) is 0 Å². The van der Waals surface area contributed by atoms with Crippen LogP contribution < -0.4 is 19.5 Å². The van der Waals surface area contributed by atoms with Crippen LogP contribution in [-0.4, -0.2) is 38.6 Å². The highest BCUT2D eigenvalue weighted by molar-refractivity contribution is 5.56. The van der Waals surface area contributed by atoms with Crippen molar-refractivity contribution in [3.8, 4) is 17.2 Å². The molecule has 2 aliphatic rings. The molecule has 0 amide bonds. The first-order valence-corrected chi connectivity index (χ1v) is 8.49. The standard InChI is InChI=1S/C18H27NO4/c1-21-14-8-7-12(16(22-2)17(14)23-3)15-13-6-4-5-9-18(13,20)10-11-19-15/h7-8,13,15,19-20H,4-6,9-11H2,1-3H3/p+1/t13-,15+,18+/m1/s1. The second-order valence-corrected chi connectivity index (χ2v) is 6.68. The van der Waals surface area contributed by atoms with E-state index < -0.39 is 5.60 Å². The number of benzene rings is 1. The smallest absolute Gasteiger partial charge is 0.203 e. The van der Waals surface area contributed by atoms with E-state index in [0.717, 1.165) is 43.5 Å². The Balaban J connectivity index is 2.03. The molecule has 23 heavy (non-hydrogen) atoms. The Hall–Kier alpha value is -1.46. The van der Waals surface area contributed by atoms with Gasteiger partial charge in [-0.05, 0) is 25.0 Å². The monoisotopic (exact) mass is 322 g/mol. The lowest BCUT2D eigenvalue weighted by Crippen LogP contribution is -2.91. The summed E-state index contributed by atoms with van der Waals surface area (Å²) in [6.07, 6.45) is 5.17. The molecular weight excluding hydrogens is 294 g/mol. The molecule has 1 heterocycles. The van der Waals surface area contributed by atoms with Gasteiger partial charge in [-0.3, -0.25) is 0 Å². The number of quaternary nitrogens is 1. The van der Waals surface area contributed by atoms with Crippen molar-refractivity contribution in [3.63, 3.8) is 0 Å². The van der Waals surface area contributed by atoms with Gasteiger partial charge in [-0.2, -0.15) is 0 Å². The maximum absolute atomic E-state index is 11.1. The summed E-state index contributed by atoms with van der Waals surface area (Å²) < 4.78 is 16.6. The minimum atomic E-state index is -0.532. The van der Waals surface area contributed by atoms with E-state index in [1.165, 1.54) is 6.42 Å². The molecule has 128 valence electrons. The van der Waals surface area contributed by atoms with Crippen molar-refractivity contribution in [2.24, 2.45) is 5.92 Å². The van der Waals surface area contributed by atoms with Crippen LogP contribution in [0.5, 0.6) is 17.2 Å². The summed E-state index contributed by atoms with van der Waals surface area (Å²) in [5.74, 6) is 2.29. The number of piperidine rings is 1. The lowest BCUT2D eigenvalue weighted by atomic mass is 9.66. The number of rotatable bonds is 4. The second kappa shape index (κ2) is 6.57. The van der Waals surface area contributed by atoms with Crippen LogP contribution in [0.3, 0.4) is 0 Å². The molecule has 1 saturated heterocycles. The zero-order chi connectivity index (χ0) is 16.4. The van der Waals surface area contributed by atoms with Crippen molar-refractivity contribution in [1.29, 1.82) is 0 Å². The van der Waals surface area contributed by atoms with Crippen LogP contribution in [0.2, 0.25) is 0 Å². The largest absolute Gasteiger partial charge is 0.493 e. The lowest BCUT2D eigenvalue weighted by molar-refractivity contribution is -0.719. The van der Waals surface area contributed by atoms with Crippen molar-refractivity contribution in [1.82, 2.24) is 0 Å². The number of methoxy groups -OCH3 is 3. The second-order valence-electron chi connectivity index (χ2n) is 6.68. The highest BCUT2D eigenvalue weighted by Gasteiger charge is 2.49. The van der Waals surface area contributed by atoms with Crippen LogP contribution in [0.1, 0.15) is 43.7 Å². The quantitative estimate of drug-likeness (QED) is 0.884. The van der Waals surface area contributed by atoms with Crippen LogP contribution in [0.4, 0.5) is 0 Å². The minimum Gasteiger partial charge on any atom is -0.493 e. The van der Waals surface area contributed by atoms with Gasteiger partial charge in [0.2, 0.25) is 5.75 Å². The van der Waals surface area contributed by atoms with Crippen molar-refractivity contribution in [2.45, 2.75) is 43.7 Å². The molecule has 5 heteroatoms. The molecule has 3 rings (SSSR count). The first kappa shape index (κ1) is 16.4. The summed E-state index contributed by atoms with van der Waals surface area (Å²) in [5, 5.41) is 13.4. The van der Waals surface area contributed by atoms with Gasteiger partial charge in [-0.1, -0.05) is 12.8 Å². The van der Waals surface area contributed by atoms with Gasteiger partial charge in [0.05, 0.1) is 39.0 Å². The average Bonchev–Trinajstić information content (AvgIpc) is 2.59. The zero-order valence-electron chi connectivity index (χ0n) is 14.3. The number of ether oxygens (including phenoxy) is 3. The Morgan fingerprint density at radius 2 is 1.83 bits per heavy atom. The Kier molecular flexibility index (Phi) is 4.69. The number of hydrogen-bond donors (Lipinski definition) is 2. The van der Waals surface area contributed by atoms with Gasteiger partial charge < -0.3 is 24.6 Å². The maximum atomic E-state index is 11.1. The summed E-state index contributed by atoms with van der Waals surface area (Å²) in [7, 11) is 4.92. The Morgan fingerprint density at radius 3 is 2.52 bits per heavy atom. The van der Waals surface area contributed by atoms with Crippen LogP contribution in [0.15, 0.2) is 12.1 Å². The van der Waals surface area contributed by atoms with Gasteiger partial charge in [0.1, 0.15) is 6.04 Å². The zero-order valence-corrected chi connectivity index (χ0v) is 14.3. The van der Waals surface area contributed by atoms with Crippen LogP contribution in [-0.2, 0) is 0 Å². The number of fused-ring (bicyclic) bond motifs is 1. The summed E-state index contributed by atoms with van der Waals surface area (Å²) in [6.45, 7) is 0.940. The molecular formula is C18H28NO4+. The maximum Gasteiger partial charge on any atom is 0.203 e. The SMILES string of the molecule is COc1ccc([C@@H]2[NH2+]CC[C@@]3(O)CCCC[C@H]23)c(OC)c1OC. The highest BCUT2D eigenvalue weighted by Crippen LogP contribution is 2.48. The van der Waals surface area contributed by atoms with Gasteiger partial charge in [-0.25, -0.2) is 0 Å². The fourth-order valence-electron chi connectivity index (χ4n) is 4.48. The molecule has 1 saturated carbocycles. The first-order chi connectivity index (χ1) is 11.1. The molecule has 1 aromatic carbocycles. The molecule has 0 aromatic heterocycles. The molecule has 0 unspecified atom stereocenters. The van der Waals surface area contributed by atoms with E-state index in [9.17, 15) is 5.11 Å². The Bertz CT molecular complexity index is 558.